The minimum Gasteiger partial charge on any atom is -0.296 e. The highest BCUT2D eigenvalue weighted by atomic mass is 127. The van der Waals surface area contributed by atoms with Crippen molar-refractivity contribution in [3.63, 3.8) is 0 Å². The molecule has 0 saturated heterocycles. The predicted molar refractivity (Wildman–Crippen MR) is 59.6 cm³/mol. The Kier molecular flexibility index (Phi) is 2.32. The third-order valence-electron chi connectivity index (χ3n) is 1.82. The zero-order chi connectivity index (χ0) is 10.1. The first-order valence-electron chi connectivity index (χ1n) is 3.86. The van der Waals surface area contributed by atoms with Crippen molar-refractivity contribution in [1.82, 2.24) is 9.38 Å². The number of hydrogen-bond acceptors (Lipinski definition) is 3. The molecule has 0 spiro atoms. The Morgan fingerprint density at radius 1 is 1.43 bits per heavy atom. The van der Waals surface area contributed by atoms with E-state index in [1.54, 1.807) is 24.4 Å². The minimum absolute atomic E-state index is 0.196. The molecule has 70 valence electrons. The Labute approximate surface area is 92.7 Å². The standard InChI is InChI=1S/C9H5IN2O2/c10-8-6(5-13)11-7-3-1-2-4-12(7)9(8)14/h1-5H. The lowest BCUT2D eigenvalue weighted by Gasteiger charge is -2.01. The lowest BCUT2D eigenvalue weighted by Crippen LogP contribution is -2.20. The molecule has 0 amide bonds. The second kappa shape index (κ2) is 3.49. The van der Waals surface area contributed by atoms with E-state index in [9.17, 15) is 9.59 Å². The maximum Gasteiger partial charge on any atom is 0.272 e. The van der Waals surface area contributed by atoms with Crippen LogP contribution in [-0.4, -0.2) is 15.7 Å². The predicted octanol–water partition coefficient (Wildman–Crippen LogP) is 1.11. The van der Waals surface area contributed by atoms with Crippen molar-refractivity contribution in [3.8, 4) is 0 Å². The maximum atomic E-state index is 11.7. The van der Waals surface area contributed by atoms with Gasteiger partial charge in [0, 0.05) is 6.20 Å². The SMILES string of the molecule is O=Cc1nc2ccccn2c(=O)c1I. The molecule has 0 aliphatic carbocycles. The van der Waals surface area contributed by atoms with E-state index in [-0.39, 0.29) is 11.3 Å². The van der Waals surface area contributed by atoms with Crippen LogP contribution in [0.5, 0.6) is 0 Å². The van der Waals surface area contributed by atoms with Gasteiger partial charge in [-0.25, -0.2) is 4.98 Å². The van der Waals surface area contributed by atoms with Gasteiger partial charge in [0.1, 0.15) is 14.9 Å². The topological polar surface area (TPSA) is 51.4 Å². The summed E-state index contributed by atoms with van der Waals surface area (Å²) in [6, 6.07) is 5.19. The number of halogens is 1. The molecule has 14 heavy (non-hydrogen) atoms. The van der Waals surface area contributed by atoms with Crippen LogP contribution in [-0.2, 0) is 0 Å². The highest BCUT2D eigenvalue weighted by molar-refractivity contribution is 14.1. The molecular formula is C9H5IN2O2. The Morgan fingerprint density at radius 3 is 2.93 bits per heavy atom. The van der Waals surface area contributed by atoms with Crippen molar-refractivity contribution in [3.05, 3.63) is 44.0 Å². The number of hydrogen-bond donors (Lipinski definition) is 0. The summed E-state index contributed by atoms with van der Waals surface area (Å²) >= 11 is 1.83. The summed E-state index contributed by atoms with van der Waals surface area (Å²) in [6.07, 6.45) is 2.22. The van der Waals surface area contributed by atoms with Gasteiger partial charge in [-0.2, -0.15) is 0 Å². The summed E-state index contributed by atoms with van der Waals surface area (Å²) < 4.78 is 1.76. The monoisotopic (exact) mass is 300 g/mol. The molecule has 2 rings (SSSR count). The van der Waals surface area contributed by atoms with Gasteiger partial charge in [0.25, 0.3) is 5.56 Å². The first kappa shape index (κ1) is 9.32. The molecule has 2 heterocycles. The summed E-state index contributed by atoms with van der Waals surface area (Å²) in [5, 5.41) is 0. The van der Waals surface area contributed by atoms with E-state index < -0.39 is 0 Å². The maximum absolute atomic E-state index is 11.7. The Balaban J connectivity index is 2.99. The summed E-state index contributed by atoms with van der Waals surface area (Å²) in [7, 11) is 0. The molecule has 0 aliphatic heterocycles. The summed E-state index contributed by atoms with van der Waals surface area (Å²) in [4.78, 5) is 26.3. The number of carbonyl (C=O) groups excluding carboxylic acids is 1. The number of carbonyl (C=O) groups is 1. The lowest BCUT2D eigenvalue weighted by atomic mass is 10.4. The minimum atomic E-state index is -0.210. The van der Waals surface area contributed by atoms with Crippen LogP contribution in [0.25, 0.3) is 5.65 Å². The van der Waals surface area contributed by atoms with Gasteiger partial charge in [0.2, 0.25) is 0 Å². The number of rotatable bonds is 1. The number of aromatic nitrogens is 2. The molecule has 0 unspecified atom stereocenters. The zero-order valence-corrected chi connectivity index (χ0v) is 9.13. The molecule has 0 radical (unpaired) electrons. The van der Waals surface area contributed by atoms with Gasteiger partial charge in [-0.15, -0.1) is 0 Å². The van der Waals surface area contributed by atoms with Crippen LogP contribution in [0, 0.1) is 3.57 Å². The van der Waals surface area contributed by atoms with Gasteiger partial charge in [0.15, 0.2) is 6.29 Å². The third kappa shape index (κ3) is 1.33. The fourth-order valence-corrected chi connectivity index (χ4v) is 1.67. The second-order valence-electron chi connectivity index (χ2n) is 2.66. The molecule has 5 heteroatoms. The van der Waals surface area contributed by atoms with E-state index in [1.165, 1.54) is 4.40 Å². The largest absolute Gasteiger partial charge is 0.296 e. The lowest BCUT2D eigenvalue weighted by molar-refractivity contribution is 0.111. The van der Waals surface area contributed by atoms with E-state index in [1.807, 2.05) is 22.6 Å². The molecule has 4 nitrogen and oxygen atoms in total. The Hall–Kier alpha value is -1.24. The Bertz CT molecular complexity index is 562. The summed E-state index contributed by atoms with van der Waals surface area (Å²) in [6.45, 7) is 0. The van der Waals surface area contributed by atoms with Crippen molar-refractivity contribution < 1.29 is 4.79 Å². The van der Waals surface area contributed by atoms with Crippen LogP contribution < -0.4 is 5.56 Å². The molecule has 0 aliphatic rings. The molecule has 2 aromatic heterocycles. The average Bonchev–Trinajstić information content (AvgIpc) is 2.23. The highest BCUT2D eigenvalue weighted by Gasteiger charge is 2.07. The van der Waals surface area contributed by atoms with Crippen molar-refractivity contribution in [2.75, 3.05) is 0 Å². The molecule has 0 bridgehead atoms. The Morgan fingerprint density at radius 2 is 2.21 bits per heavy atom. The van der Waals surface area contributed by atoms with Crippen LogP contribution in [0.15, 0.2) is 29.2 Å². The normalized spacial score (nSPS) is 10.4. The quantitative estimate of drug-likeness (QED) is 0.585. The smallest absolute Gasteiger partial charge is 0.272 e. The van der Waals surface area contributed by atoms with Crippen LogP contribution in [0.3, 0.4) is 0 Å². The number of aldehydes is 1. The highest BCUT2D eigenvalue weighted by Crippen LogP contribution is 2.04. The molecule has 0 fully saturated rings. The van der Waals surface area contributed by atoms with Crippen molar-refractivity contribution in [2.45, 2.75) is 0 Å². The molecular weight excluding hydrogens is 295 g/mol. The third-order valence-corrected chi connectivity index (χ3v) is 2.83. The van der Waals surface area contributed by atoms with Crippen LogP contribution >= 0.6 is 22.6 Å². The molecule has 0 aromatic carbocycles. The zero-order valence-electron chi connectivity index (χ0n) is 6.98. The van der Waals surface area contributed by atoms with Gasteiger partial charge < -0.3 is 0 Å². The number of nitrogens with zero attached hydrogens (tertiary/aromatic N) is 2. The fourth-order valence-electron chi connectivity index (χ4n) is 1.16. The van der Waals surface area contributed by atoms with E-state index in [2.05, 4.69) is 4.98 Å². The van der Waals surface area contributed by atoms with Gasteiger partial charge in [-0.05, 0) is 34.7 Å². The summed E-state index contributed by atoms with van der Waals surface area (Å²) in [5.74, 6) is 0. The van der Waals surface area contributed by atoms with Crippen LogP contribution in [0.4, 0.5) is 0 Å². The van der Waals surface area contributed by atoms with E-state index in [0.29, 0.717) is 15.5 Å². The molecule has 0 saturated carbocycles. The molecule has 0 N–H and O–H groups in total. The van der Waals surface area contributed by atoms with E-state index in [4.69, 9.17) is 0 Å². The van der Waals surface area contributed by atoms with Crippen molar-refractivity contribution in [2.24, 2.45) is 0 Å². The first-order chi connectivity index (χ1) is 6.74. The van der Waals surface area contributed by atoms with Crippen LogP contribution in [0.2, 0.25) is 0 Å². The average molecular weight is 300 g/mol. The van der Waals surface area contributed by atoms with Gasteiger partial charge in [0.05, 0.1) is 0 Å². The van der Waals surface area contributed by atoms with Gasteiger partial charge in [-0.3, -0.25) is 14.0 Å². The van der Waals surface area contributed by atoms with E-state index >= 15 is 0 Å². The number of fused-ring (bicyclic) bond motifs is 1. The number of pyridine rings is 1. The molecule has 2 aromatic rings. The summed E-state index contributed by atoms with van der Waals surface area (Å²) in [5.41, 5.74) is 0.472. The fraction of sp³-hybridized carbons (Fsp3) is 0. The molecule has 0 atom stereocenters. The second-order valence-corrected chi connectivity index (χ2v) is 3.74. The van der Waals surface area contributed by atoms with Gasteiger partial charge >= 0.3 is 0 Å². The first-order valence-corrected chi connectivity index (χ1v) is 4.94. The van der Waals surface area contributed by atoms with Crippen molar-refractivity contribution in [1.29, 1.82) is 0 Å². The van der Waals surface area contributed by atoms with Crippen molar-refractivity contribution >= 4 is 34.5 Å². The van der Waals surface area contributed by atoms with E-state index in [0.717, 1.165) is 0 Å². The van der Waals surface area contributed by atoms with Crippen LogP contribution in [0.1, 0.15) is 10.5 Å². The van der Waals surface area contributed by atoms with Gasteiger partial charge in [-0.1, -0.05) is 6.07 Å².